The molecule has 4 heteroatoms. The summed E-state index contributed by atoms with van der Waals surface area (Å²) in [6, 6.07) is 3.91. The molecule has 0 amide bonds. The molecule has 72 valence electrons. The van der Waals surface area contributed by atoms with Crippen molar-refractivity contribution in [3.8, 4) is 11.3 Å². The van der Waals surface area contributed by atoms with E-state index in [9.17, 15) is 0 Å². The molecule has 0 unspecified atom stereocenters. The summed E-state index contributed by atoms with van der Waals surface area (Å²) in [5.41, 5.74) is 3.09. The van der Waals surface area contributed by atoms with Crippen LogP contribution in [0, 0.1) is 6.92 Å². The van der Waals surface area contributed by atoms with Crippen LogP contribution in [0.25, 0.3) is 11.3 Å². The summed E-state index contributed by atoms with van der Waals surface area (Å²) in [6.07, 6.45) is 3.57. The average Bonchev–Trinajstić information content (AvgIpc) is 2.47. The molecule has 0 aromatic carbocycles. The predicted molar refractivity (Wildman–Crippen MR) is 58.9 cm³/mol. The Balaban J connectivity index is 2.58. The van der Waals surface area contributed by atoms with E-state index in [1.807, 2.05) is 37.0 Å². The van der Waals surface area contributed by atoms with Gasteiger partial charge in [0.15, 0.2) is 0 Å². The molecule has 0 aliphatic carbocycles. The van der Waals surface area contributed by atoms with Crippen LogP contribution in [0.4, 0.5) is 0 Å². The van der Waals surface area contributed by atoms with Gasteiger partial charge < -0.3 is 0 Å². The lowest BCUT2D eigenvalue weighted by molar-refractivity contribution is 0.742. The normalized spacial score (nSPS) is 10.5. The molecule has 14 heavy (non-hydrogen) atoms. The van der Waals surface area contributed by atoms with E-state index in [0.29, 0.717) is 0 Å². The Hall–Kier alpha value is -1.16. The fourth-order valence-electron chi connectivity index (χ4n) is 1.27. The van der Waals surface area contributed by atoms with Crippen LogP contribution >= 0.6 is 15.9 Å². The molecule has 2 rings (SSSR count). The summed E-state index contributed by atoms with van der Waals surface area (Å²) < 4.78 is 2.89. The molecule has 2 heterocycles. The maximum atomic E-state index is 4.41. The van der Waals surface area contributed by atoms with Gasteiger partial charge in [0, 0.05) is 30.7 Å². The highest BCUT2D eigenvalue weighted by Gasteiger charge is 2.11. The topological polar surface area (TPSA) is 30.7 Å². The molecule has 3 nitrogen and oxygen atoms in total. The van der Waals surface area contributed by atoms with Crippen molar-refractivity contribution < 1.29 is 0 Å². The van der Waals surface area contributed by atoms with Crippen molar-refractivity contribution in [2.45, 2.75) is 6.92 Å². The zero-order chi connectivity index (χ0) is 10.1. The van der Waals surface area contributed by atoms with E-state index in [4.69, 9.17) is 0 Å². The van der Waals surface area contributed by atoms with Gasteiger partial charge in [-0.05, 0) is 35.0 Å². The highest BCUT2D eigenvalue weighted by atomic mass is 79.9. The number of nitrogens with zero attached hydrogens (tertiary/aromatic N) is 3. The maximum absolute atomic E-state index is 4.41. The Kier molecular flexibility index (Phi) is 2.37. The van der Waals surface area contributed by atoms with Crippen LogP contribution in [0.15, 0.2) is 29.0 Å². The van der Waals surface area contributed by atoms with Gasteiger partial charge in [-0.2, -0.15) is 5.10 Å². The van der Waals surface area contributed by atoms with Crippen molar-refractivity contribution in [1.29, 1.82) is 0 Å². The molecule has 0 fully saturated rings. The summed E-state index contributed by atoms with van der Waals surface area (Å²) >= 11 is 3.53. The standard InChI is InChI=1S/C10H10BrN3/c1-7-9(11)10(13-14(7)2)8-4-3-5-12-6-8/h3-6H,1-2H3. The van der Waals surface area contributed by atoms with Gasteiger partial charge in [-0.15, -0.1) is 0 Å². The molecular formula is C10H10BrN3. The van der Waals surface area contributed by atoms with E-state index in [1.54, 1.807) is 6.20 Å². The highest BCUT2D eigenvalue weighted by Crippen LogP contribution is 2.28. The third kappa shape index (κ3) is 1.46. The maximum Gasteiger partial charge on any atom is 0.108 e. The minimum atomic E-state index is 0.943. The molecule has 0 spiro atoms. The first-order valence-electron chi connectivity index (χ1n) is 4.29. The number of halogens is 1. The van der Waals surface area contributed by atoms with Crippen LogP contribution in [0.1, 0.15) is 5.69 Å². The third-order valence-electron chi connectivity index (χ3n) is 2.20. The lowest BCUT2D eigenvalue weighted by atomic mass is 10.2. The van der Waals surface area contributed by atoms with Crippen molar-refractivity contribution in [1.82, 2.24) is 14.8 Å². The van der Waals surface area contributed by atoms with Gasteiger partial charge in [-0.1, -0.05) is 0 Å². The van der Waals surface area contributed by atoms with Crippen molar-refractivity contribution in [2.75, 3.05) is 0 Å². The quantitative estimate of drug-likeness (QED) is 0.780. The van der Waals surface area contributed by atoms with Crippen molar-refractivity contribution in [2.24, 2.45) is 7.05 Å². The first-order valence-corrected chi connectivity index (χ1v) is 5.09. The van der Waals surface area contributed by atoms with Gasteiger partial charge in [0.05, 0.1) is 4.47 Å². The predicted octanol–water partition coefficient (Wildman–Crippen LogP) is 2.55. The zero-order valence-corrected chi connectivity index (χ0v) is 9.62. The third-order valence-corrected chi connectivity index (χ3v) is 3.15. The fourth-order valence-corrected chi connectivity index (χ4v) is 1.83. The summed E-state index contributed by atoms with van der Waals surface area (Å²) in [5, 5.41) is 4.41. The van der Waals surface area contributed by atoms with E-state index >= 15 is 0 Å². The largest absolute Gasteiger partial charge is 0.271 e. The lowest BCUT2D eigenvalue weighted by Gasteiger charge is -1.94. The minimum absolute atomic E-state index is 0.943. The molecule has 2 aromatic rings. The molecule has 0 saturated heterocycles. The van der Waals surface area contributed by atoms with Crippen LogP contribution < -0.4 is 0 Å². The average molecular weight is 252 g/mol. The molecule has 0 aliphatic heterocycles. The summed E-state index contributed by atoms with van der Waals surface area (Å²) in [7, 11) is 1.93. The molecule has 0 aliphatic rings. The van der Waals surface area contributed by atoms with E-state index in [0.717, 1.165) is 21.4 Å². The second kappa shape index (κ2) is 3.53. The molecule has 0 radical (unpaired) electrons. The van der Waals surface area contributed by atoms with Crippen molar-refractivity contribution >= 4 is 15.9 Å². The first kappa shape index (κ1) is 9.40. The Morgan fingerprint density at radius 1 is 1.43 bits per heavy atom. The Morgan fingerprint density at radius 2 is 2.21 bits per heavy atom. The van der Waals surface area contributed by atoms with Crippen LogP contribution in [-0.2, 0) is 7.05 Å². The number of aryl methyl sites for hydroxylation is 1. The summed E-state index contributed by atoms with van der Waals surface area (Å²) in [4.78, 5) is 4.07. The van der Waals surface area contributed by atoms with Crippen LogP contribution in [0.5, 0.6) is 0 Å². The Labute approximate surface area is 90.9 Å². The van der Waals surface area contributed by atoms with E-state index < -0.39 is 0 Å². The number of pyridine rings is 1. The molecule has 0 bridgehead atoms. The number of hydrogen-bond acceptors (Lipinski definition) is 2. The second-order valence-corrected chi connectivity index (χ2v) is 3.91. The van der Waals surface area contributed by atoms with Gasteiger partial charge in [0.1, 0.15) is 5.69 Å². The van der Waals surface area contributed by atoms with Gasteiger partial charge in [0.2, 0.25) is 0 Å². The summed E-state index contributed by atoms with van der Waals surface area (Å²) in [5.74, 6) is 0. The number of rotatable bonds is 1. The Morgan fingerprint density at radius 3 is 2.71 bits per heavy atom. The fraction of sp³-hybridized carbons (Fsp3) is 0.200. The lowest BCUT2D eigenvalue weighted by Crippen LogP contribution is -1.92. The SMILES string of the molecule is Cc1c(Br)c(-c2cccnc2)nn1C. The number of hydrogen-bond donors (Lipinski definition) is 0. The van der Waals surface area contributed by atoms with Gasteiger partial charge in [0.25, 0.3) is 0 Å². The smallest absolute Gasteiger partial charge is 0.108 e. The monoisotopic (exact) mass is 251 g/mol. The van der Waals surface area contributed by atoms with Gasteiger partial charge in [-0.25, -0.2) is 0 Å². The molecule has 0 saturated carbocycles. The molecular weight excluding hydrogens is 242 g/mol. The van der Waals surface area contributed by atoms with Crippen LogP contribution in [0.2, 0.25) is 0 Å². The molecule has 2 aromatic heterocycles. The van der Waals surface area contributed by atoms with Crippen LogP contribution in [-0.4, -0.2) is 14.8 Å². The van der Waals surface area contributed by atoms with Crippen molar-refractivity contribution in [3.05, 3.63) is 34.7 Å². The minimum Gasteiger partial charge on any atom is -0.271 e. The highest BCUT2D eigenvalue weighted by molar-refractivity contribution is 9.10. The summed E-state index contributed by atoms with van der Waals surface area (Å²) in [6.45, 7) is 2.02. The molecule has 0 N–H and O–H groups in total. The molecule has 0 atom stereocenters. The zero-order valence-electron chi connectivity index (χ0n) is 8.03. The van der Waals surface area contributed by atoms with E-state index in [2.05, 4.69) is 26.0 Å². The Bertz CT molecular complexity index is 448. The van der Waals surface area contributed by atoms with E-state index in [-0.39, 0.29) is 0 Å². The van der Waals surface area contributed by atoms with Gasteiger partial charge >= 0.3 is 0 Å². The van der Waals surface area contributed by atoms with Gasteiger partial charge in [-0.3, -0.25) is 9.67 Å². The number of aromatic nitrogens is 3. The first-order chi connectivity index (χ1) is 6.70. The van der Waals surface area contributed by atoms with E-state index in [1.165, 1.54) is 0 Å². The second-order valence-electron chi connectivity index (χ2n) is 3.11. The van der Waals surface area contributed by atoms with Crippen LogP contribution in [0.3, 0.4) is 0 Å². The van der Waals surface area contributed by atoms with Crippen molar-refractivity contribution in [3.63, 3.8) is 0 Å².